The minimum atomic E-state index is -3.92. The summed E-state index contributed by atoms with van der Waals surface area (Å²) in [6.45, 7) is 0. The average Bonchev–Trinajstić information content (AvgIpc) is 2.65. The number of hydrogen-bond acceptors (Lipinski definition) is 4. The van der Waals surface area contributed by atoms with E-state index >= 15 is 0 Å². The van der Waals surface area contributed by atoms with E-state index in [9.17, 15) is 25.6 Å². The average molecular weight is 438 g/mol. The van der Waals surface area contributed by atoms with E-state index in [2.05, 4.69) is 9.44 Å². The summed E-state index contributed by atoms with van der Waals surface area (Å²) < 4.78 is 79.7. The van der Waals surface area contributed by atoms with Gasteiger partial charge in [-0.3, -0.25) is 9.44 Å². The lowest BCUT2D eigenvalue weighted by Crippen LogP contribution is -2.16. The Morgan fingerprint density at radius 3 is 1.62 bits per heavy atom. The van der Waals surface area contributed by atoms with Crippen molar-refractivity contribution in [2.45, 2.75) is 10.6 Å². The molecule has 0 bridgehead atoms. The third-order valence-corrected chi connectivity index (χ3v) is 6.46. The zero-order chi connectivity index (χ0) is 21.1. The summed E-state index contributed by atoms with van der Waals surface area (Å²) in [5, 5.41) is 0. The Hall–Kier alpha value is -2.98. The molecule has 29 heavy (non-hydrogen) atoms. The predicted molar refractivity (Wildman–Crippen MR) is 106 cm³/mol. The molecule has 0 atom stereocenters. The van der Waals surface area contributed by atoms with Gasteiger partial charge in [-0.15, -0.1) is 0 Å². The molecule has 2 N–H and O–H groups in total. The first-order valence-electron chi connectivity index (χ1n) is 8.26. The van der Waals surface area contributed by atoms with Gasteiger partial charge in [-0.05, 0) is 66.2 Å². The van der Waals surface area contributed by atoms with Crippen LogP contribution >= 0.6 is 0 Å². The fourth-order valence-electron chi connectivity index (χ4n) is 2.45. The molecule has 3 aromatic carbocycles. The van der Waals surface area contributed by atoms with Crippen LogP contribution in [-0.2, 0) is 25.8 Å². The summed E-state index contributed by atoms with van der Waals surface area (Å²) in [7, 11) is -7.70. The Kier molecular flexibility index (Phi) is 5.85. The molecule has 0 saturated carbocycles. The quantitative estimate of drug-likeness (QED) is 0.588. The molecule has 0 heterocycles. The van der Waals surface area contributed by atoms with Gasteiger partial charge in [0.05, 0.1) is 10.6 Å². The van der Waals surface area contributed by atoms with Crippen LogP contribution in [0.15, 0.2) is 77.7 Å². The van der Waals surface area contributed by atoms with E-state index in [1.165, 1.54) is 60.7 Å². The Labute approximate surface area is 167 Å². The molecule has 0 spiro atoms. The van der Waals surface area contributed by atoms with Crippen LogP contribution < -0.4 is 9.44 Å². The third-order valence-electron chi connectivity index (χ3n) is 3.80. The van der Waals surface area contributed by atoms with E-state index in [1.807, 2.05) is 0 Å². The number of rotatable bonds is 7. The lowest BCUT2D eigenvalue weighted by atomic mass is 10.2. The molecule has 0 saturated heterocycles. The second kappa shape index (κ2) is 8.18. The maximum absolute atomic E-state index is 12.9. The van der Waals surface area contributed by atoms with Crippen molar-refractivity contribution in [3.63, 3.8) is 0 Å². The molecule has 3 aromatic rings. The highest BCUT2D eigenvalue weighted by Crippen LogP contribution is 2.20. The monoisotopic (exact) mass is 438 g/mol. The van der Waals surface area contributed by atoms with E-state index < -0.39 is 31.7 Å². The van der Waals surface area contributed by atoms with Gasteiger partial charge in [0, 0.05) is 11.4 Å². The van der Waals surface area contributed by atoms with Crippen molar-refractivity contribution in [2.24, 2.45) is 0 Å². The predicted octanol–water partition coefficient (Wildman–Crippen LogP) is 3.71. The molecule has 0 aliphatic carbocycles. The largest absolute Gasteiger partial charge is 0.283 e. The highest BCUT2D eigenvalue weighted by atomic mass is 32.2. The summed E-state index contributed by atoms with van der Waals surface area (Å²) in [6, 6.07) is 15.0. The molecular formula is C19H16F2N2O4S2. The fourth-order valence-corrected chi connectivity index (χ4v) is 4.71. The van der Waals surface area contributed by atoms with Crippen LogP contribution in [0.4, 0.5) is 20.2 Å². The van der Waals surface area contributed by atoms with Crippen LogP contribution in [-0.4, -0.2) is 16.8 Å². The zero-order valence-corrected chi connectivity index (χ0v) is 16.5. The van der Waals surface area contributed by atoms with Gasteiger partial charge < -0.3 is 0 Å². The van der Waals surface area contributed by atoms with Crippen LogP contribution in [0, 0.1) is 11.6 Å². The Morgan fingerprint density at radius 1 is 0.621 bits per heavy atom. The highest BCUT2D eigenvalue weighted by Gasteiger charge is 2.16. The summed E-state index contributed by atoms with van der Waals surface area (Å²) in [6.07, 6.45) is 0. The summed E-state index contributed by atoms with van der Waals surface area (Å²) >= 11 is 0. The molecule has 3 rings (SSSR count). The van der Waals surface area contributed by atoms with Crippen molar-refractivity contribution in [3.8, 4) is 0 Å². The molecule has 0 unspecified atom stereocenters. The van der Waals surface area contributed by atoms with Gasteiger partial charge >= 0.3 is 0 Å². The molecule has 0 aliphatic heterocycles. The molecule has 10 heteroatoms. The van der Waals surface area contributed by atoms with E-state index in [4.69, 9.17) is 0 Å². The van der Waals surface area contributed by atoms with Gasteiger partial charge in [-0.1, -0.05) is 12.1 Å². The third kappa shape index (κ3) is 5.75. The van der Waals surface area contributed by atoms with Crippen LogP contribution in [0.2, 0.25) is 0 Å². The normalized spacial score (nSPS) is 11.8. The summed E-state index contributed by atoms with van der Waals surface area (Å²) in [5.41, 5.74) is 0.768. The standard InChI is InChI=1S/C19H16F2N2O4S2/c20-15-3-1-14(2-4-15)13-28(24,25)22-17-9-11-19(12-10-17)29(26,27)23-18-7-5-16(21)6-8-18/h1-12,22-23H,13H2. The maximum Gasteiger partial charge on any atom is 0.261 e. The number of hydrogen-bond donors (Lipinski definition) is 2. The maximum atomic E-state index is 12.9. The number of sulfonamides is 2. The number of benzene rings is 3. The van der Waals surface area contributed by atoms with E-state index in [1.54, 1.807) is 0 Å². The topological polar surface area (TPSA) is 92.3 Å². The lowest BCUT2D eigenvalue weighted by Gasteiger charge is -2.11. The minimum absolute atomic E-state index is 0.0942. The van der Waals surface area contributed by atoms with Gasteiger partial charge in [0.15, 0.2) is 0 Å². The van der Waals surface area contributed by atoms with E-state index in [-0.39, 0.29) is 22.0 Å². The fraction of sp³-hybridized carbons (Fsp3) is 0.0526. The molecule has 0 aliphatic rings. The Balaban J connectivity index is 1.70. The van der Waals surface area contributed by atoms with Crippen molar-refractivity contribution < 1.29 is 25.6 Å². The number of nitrogens with one attached hydrogen (secondary N) is 2. The molecule has 6 nitrogen and oxygen atoms in total. The molecule has 0 fully saturated rings. The SMILES string of the molecule is O=S(=O)(Cc1ccc(F)cc1)Nc1ccc(S(=O)(=O)Nc2ccc(F)cc2)cc1. The molecule has 0 aromatic heterocycles. The zero-order valence-electron chi connectivity index (χ0n) is 14.8. The molecule has 152 valence electrons. The van der Waals surface area contributed by atoms with Crippen molar-refractivity contribution in [1.82, 2.24) is 0 Å². The van der Waals surface area contributed by atoms with Crippen molar-refractivity contribution >= 4 is 31.4 Å². The van der Waals surface area contributed by atoms with Crippen LogP contribution in [0.1, 0.15) is 5.56 Å². The molecule has 0 amide bonds. The summed E-state index contributed by atoms with van der Waals surface area (Å²) in [4.78, 5) is -0.0942. The highest BCUT2D eigenvalue weighted by molar-refractivity contribution is 7.92. The van der Waals surface area contributed by atoms with Crippen LogP contribution in [0.3, 0.4) is 0 Å². The molecule has 0 radical (unpaired) electrons. The first-order chi connectivity index (χ1) is 13.6. The van der Waals surface area contributed by atoms with Crippen molar-refractivity contribution in [3.05, 3.63) is 90.0 Å². The van der Waals surface area contributed by atoms with Gasteiger partial charge in [0.2, 0.25) is 10.0 Å². The van der Waals surface area contributed by atoms with Crippen molar-refractivity contribution in [2.75, 3.05) is 9.44 Å². The van der Waals surface area contributed by atoms with E-state index in [0.29, 0.717) is 5.56 Å². The Morgan fingerprint density at radius 2 is 1.07 bits per heavy atom. The molecular weight excluding hydrogens is 422 g/mol. The first kappa shape index (κ1) is 20.7. The second-order valence-electron chi connectivity index (χ2n) is 6.12. The Bertz CT molecular complexity index is 1190. The van der Waals surface area contributed by atoms with Gasteiger partial charge in [-0.2, -0.15) is 0 Å². The van der Waals surface area contributed by atoms with Gasteiger partial charge in [-0.25, -0.2) is 25.6 Å². The summed E-state index contributed by atoms with van der Waals surface area (Å²) in [5.74, 6) is -1.32. The lowest BCUT2D eigenvalue weighted by molar-refractivity contribution is 0.599. The van der Waals surface area contributed by atoms with Gasteiger partial charge in [0.25, 0.3) is 10.0 Å². The van der Waals surface area contributed by atoms with Crippen LogP contribution in [0.25, 0.3) is 0 Å². The number of anilines is 2. The smallest absolute Gasteiger partial charge is 0.261 e. The number of halogens is 2. The van der Waals surface area contributed by atoms with Crippen LogP contribution in [0.5, 0.6) is 0 Å². The van der Waals surface area contributed by atoms with Crippen molar-refractivity contribution in [1.29, 1.82) is 0 Å². The first-order valence-corrected chi connectivity index (χ1v) is 11.4. The van der Waals surface area contributed by atoms with Gasteiger partial charge in [0.1, 0.15) is 11.6 Å². The minimum Gasteiger partial charge on any atom is -0.283 e. The van der Waals surface area contributed by atoms with E-state index in [0.717, 1.165) is 12.1 Å². The second-order valence-corrected chi connectivity index (χ2v) is 9.53.